The molecule has 0 spiro atoms. The first-order valence-corrected chi connectivity index (χ1v) is 6.59. The smallest absolute Gasteiger partial charge is 0.188 e. The fourth-order valence-corrected chi connectivity index (χ4v) is 2.06. The molecule has 1 aromatic heterocycles. The minimum absolute atomic E-state index is 0. The van der Waals surface area contributed by atoms with Crippen LogP contribution in [0.25, 0.3) is 10.9 Å². The molecule has 5 heteroatoms. The number of H-pyrrole nitrogens is 1. The number of aromatic amines is 1. The van der Waals surface area contributed by atoms with Gasteiger partial charge < -0.3 is 16.0 Å². The van der Waals surface area contributed by atoms with Crippen molar-refractivity contribution in [3.05, 3.63) is 36.0 Å². The number of para-hydroxylation sites is 1. The topological polar surface area (TPSA) is 66.2 Å². The maximum atomic E-state index is 5.84. The van der Waals surface area contributed by atoms with Crippen LogP contribution in [-0.4, -0.2) is 23.0 Å². The lowest BCUT2D eigenvalue weighted by Crippen LogP contribution is -2.45. The normalized spacial score (nSPS) is 12.2. The lowest BCUT2D eigenvalue weighted by molar-refractivity contribution is 0.508. The van der Waals surface area contributed by atoms with E-state index in [1.807, 2.05) is 12.3 Å². The maximum Gasteiger partial charge on any atom is 0.188 e. The fourth-order valence-electron chi connectivity index (χ4n) is 2.06. The zero-order valence-corrected chi connectivity index (χ0v) is 14.6. The molecule has 0 bridgehead atoms. The SMILES string of the molecule is CC(C)(C)NC(N)=NCCc1c[nH]c2ccccc12.I. The standard InChI is InChI=1S/C15H22N4.HI/c1-15(2,3)19-14(16)17-9-8-11-10-18-13-7-5-4-6-12(11)13;/h4-7,10,18H,8-9H2,1-3H3,(H3,16,17,19);1H. The highest BCUT2D eigenvalue weighted by Crippen LogP contribution is 2.17. The van der Waals surface area contributed by atoms with E-state index in [9.17, 15) is 0 Å². The summed E-state index contributed by atoms with van der Waals surface area (Å²) in [5.41, 5.74) is 8.24. The number of hydrogen-bond acceptors (Lipinski definition) is 1. The number of nitrogens with zero attached hydrogens (tertiary/aromatic N) is 1. The van der Waals surface area contributed by atoms with Crippen LogP contribution >= 0.6 is 24.0 Å². The van der Waals surface area contributed by atoms with Gasteiger partial charge in [0, 0.05) is 29.2 Å². The van der Waals surface area contributed by atoms with Gasteiger partial charge in [0.05, 0.1) is 0 Å². The van der Waals surface area contributed by atoms with Crippen molar-refractivity contribution in [2.45, 2.75) is 32.7 Å². The van der Waals surface area contributed by atoms with Crippen molar-refractivity contribution >= 4 is 40.8 Å². The molecule has 0 saturated heterocycles. The van der Waals surface area contributed by atoms with E-state index < -0.39 is 0 Å². The largest absolute Gasteiger partial charge is 0.370 e. The van der Waals surface area contributed by atoms with Crippen molar-refractivity contribution in [1.82, 2.24) is 10.3 Å². The van der Waals surface area contributed by atoms with Gasteiger partial charge in [-0.2, -0.15) is 0 Å². The average molecular weight is 386 g/mol. The lowest BCUT2D eigenvalue weighted by Gasteiger charge is -2.20. The third kappa shape index (κ3) is 4.70. The summed E-state index contributed by atoms with van der Waals surface area (Å²) in [5.74, 6) is 0.507. The van der Waals surface area contributed by atoms with Gasteiger partial charge in [0.2, 0.25) is 0 Å². The zero-order valence-electron chi connectivity index (χ0n) is 12.2. The first kappa shape index (κ1) is 16.8. The number of benzene rings is 1. The number of hydrogen-bond donors (Lipinski definition) is 3. The number of halogens is 1. The molecular formula is C15H23IN4. The van der Waals surface area contributed by atoms with Crippen LogP contribution in [0.1, 0.15) is 26.3 Å². The molecule has 1 heterocycles. The average Bonchev–Trinajstić information content (AvgIpc) is 2.70. The molecule has 0 radical (unpaired) electrons. The molecule has 2 aromatic rings. The third-order valence-electron chi connectivity index (χ3n) is 2.84. The molecule has 110 valence electrons. The van der Waals surface area contributed by atoms with Gasteiger partial charge in [-0.3, -0.25) is 4.99 Å². The minimum Gasteiger partial charge on any atom is -0.370 e. The first-order chi connectivity index (χ1) is 8.96. The molecule has 0 atom stereocenters. The van der Waals surface area contributed by atoms with Gasteiger partial charge in [0.25, 0.3) is 0 Å². The van der Waals surface area contributed by atoms with Gasteiger partial charge in [0.1, 0.15) is 0 Å². The third-order valence-corrected chi connectivity index (χ3v) is 2.84. The number of rotatable bonds is 3. The molecule has 1 aromatic carbocycles. The van der Waals surface area contributed by atoms with Gasteiger partial charge in [-0.05, 0) is 38.8 Å². The van der Waals surface area contributed by atoms with Gasteiger partial charge >= 0.3 is 0 Å². The molecule has 0 aliphatic carbocycles. The van der Waals surface area contributed by atoms with E-state index in [2.05, 4.69) is 54.3 Å². The Balaban J connectivity index is 0.00000200. The van der Waals surface area contributed by atoms with Crippen LogP contribution in [0.15, 0.2) is 35.5 Å². The summed E-state index contributed by atoms with van der Waals surface area (Å²) in [6.45, 7) is 6.88. The Morgan fingerprint density at radius 2 is 2.00 bits per heavy atom. The second kappa shape index (κ2) is 6.97. The van der Waals surface area contributed by atoms with E-state index in [0.717, 1.165) is 6.42 Å². The Morgan fingerprint density at radius 1 is 1.30 bits per heavy atom. The number of guanidine groups is 1. The summed E-state index contributed by atoms with van der Waals surface area (Å²) < 4.78 is 0. The monoisotopic (exact) mass is 386 g/mol. The minimum atomic E-state index is -0.0473. The van der Waals surface area contributed by atoms with Crippen LogP contribution in [0.3, 0.4) is 0 Å². The lowest BCUT2D eigenvalue weighted by atomic mass is 10.1. The van der Waals surface area contributed by atoms with Gasteiger partial charge in [0.15, 0.2) is 5.96 Å². The fraction of sp³-hybridized carbons (Fsp3) is 0.400. The Morgan fingerprint density at radius 3 is 2.70 bits per heavy atom. The maximum absolute atomic E-state index is 5.84. The van der Waals surface area contributed by atoms with Crippen molar-refractivity contribution in [2.24, 2.45) is 10.7 Å². The summed E-state index contributed by atoms with van der Waals surface area (Å²) in [4.78, 5) is 7.63. The van der Waals surface area contributed by atoms with Crippen molar-refractivity contribution in [3.63, 3.8) is 0 Å². The van der Waals surface area contributed by atoms with Gasteiger partial charge in [-0.25, -0.2) is 0 Å². The van der Waals surface area contributed by atoms with Crippen molar-refractivity contribution in [1.29, 1.82) is 0 Å². The summed E-state index contributed by atoms with van der Waals surface area (Å²) in [6.07, 6.45) is 2.93. The molecule has 0 aliphatic rings. The van der Waals surface area contributed by atoms with E-state index in [1.165, 1.54) is 16.5 Å². The predicted molar refractivity (Wildman–Crippen MR) is 96.8 cm³/mol. The highest BCUT2D eigenvalue weighted by atomic mass is 127. The number of nitrogens with two attached hydrogens (primary N) is 1. The number of aromatic nitrogens is 1. The van der Waals surface area contributed by atoms with Gasteiger partial charge in [-0.1, -0.05) is 18.2 Å². The molecule has 0 saturated carbocycles. The predicted octanol–water partition coefficient (Wildman–Crippen LogP) is 3.03. The molecule has 0 amide bonds. The summed E-state index contributed by atoms with van der Waals surface area (Å²) in [5, 5.41) is 4.42. The summed E-state index contributed by atoms with van der Waals surface area (Å²) in [6, 6.07) is 8.30. The number of fused-ring (bicyclic) bond motifs is 1. The van der Waals surface area contributed by atoms with Crippen LogP contribution < -0.4 is 11.1 Å². The van der Waals surface area contributed by atoms with Crippen LogP contribution in [0.4, 0.5) is 0 Å². The van der Waals surface area contributed by atoms with Crippen molar-refractivity contribution in [3.8, 4) is 0 Å². The highest BCUT2D eigenvalue weighted by Gasteiger charge is 2.09. The molecule has 2 rings (SSSR count). The number of aliphatic imine (C=N–C) groups is 1. The van der Waals surface area contributed by atoms with Crippen molar-refractivity contribution in [2.75, 3.05) is 6.54 Å². The van der Waals surface area contributed by atoms with E-state index in [1.54, 1.807) is 0 Å². The van der Waals surface area contributed by atoms with E-state index in [0.29, 0.717) is 12.5 Å². The summed E-state index contributed by atoms with van der Waals surface area (Å²) >= 11 is 0. The Hall–Kier alpha value is -1.24. The van der Waals surface area contributed by atoms with E-state index >= 15 is 0 Å². The molecule has 0 unspecified atom stereocenters. The van der Waals surface area contributed by atoms with E-state index in [4.69, 9.17) is 5.73 Å². The second-order valence-corrected chi connectivity index (χ2v) is 5.75. The highest BCUT2D eigenvalue weighted by molar-refractivity contribution is 14.0. The Labute approximate surface area is 137 Å². The Kier molecular flexibility index (Phi) is 5.86. The zero-order chi connectivity index (χ0) is 13.9. The first-order valence-electron chi connectivity index (χ1n) is 6.59. The molecule has 0 fully saturated rings. The molecule has 0 aliphatic heterocycles. The van der Waals surface area contributed by atoms with Crippen LogP contribution in [0.5, 0.6) is 0 Å². The Bertz CT molecular complexity index is 581. The van der Waals surface area contributed by atoms with Crippen LogP contribution in [0, 0.1) is 0 Å². The molecule has 4 nitrogen and oxygen atoms in total. The quantitative estimate of drug-likeness (QED) is 0.431. The van der Waals surface area contributed by atoms with Crippen LogP contribution in [0.2, 0.25) is 0 Å². The number of nitrogens with one attached hydrogen (secondary N) is 2. The molecular weight excluding hydrogens is 363 g/mol. The van der Waals surface area contributed by atoms with Gasteiger partial charge in [-0.15, -0.1) is 24.0 Å². The molecule has 20 heavy (non-hydrogen) atoms. The van der Waals surface area contributed by atoms with Crippen molar-refractivity contribution < 1.29 is 0 Å². The van der Waals surface area contributed by atoms with E-state index in [-0.39, 0.29) is 29.5 Å². The molecule has 4 N–H and O–H groups in total. The van der Waals surface area contributed by atoms with Crippen LogP contribution in [-0.2, 0) is 6.42 Å². The second-order valence-electron chi connectivity index (χ2n) is 5.75. The summed E-state index contributed by atoms with van der Waals surface area (Å²) in [7, 11) is 0.